The van der Waals surface area contributed by atoms with Gasteiger partial charge in [-0.15, -0.1) is 23.1 Å². The smallest absolute Gasteiger partial charge is 0.252 e. The summed E-state index contributed by atoms with van der Waals surface area (Å²) < 4.78 is 5.23. The van der Waals surface area contributed by atoms with Crippen molar-refractivity contribution in [3.63, 3.8) is 0 Å². The van der Waals surface area contributed by atoms with Gasteiger partial charge in [0, 0.05) is 14.6 Å². The predicted molar refractivity (Wildman–Crippen MR) is 96.5 cm³/mol. The van der Waals surface area contributed by atoms with E-state index in [1.165, 1.54) is 17.6 Å². The number of benzene rings is 1. The fourth-order valence-electron chi connectivity index (χ4n) is 2.32. The number of rotatable bonds is 6. The van der Waals surface area contributed by atoms with Gasteiger partial charge in [0.1, 0.15) is 11.9 Å². The van der Waals surface area contributed by atoms with Crippen molar-refractivity contribution in [1.29, 1.82) is 0 Å². The van der Waals surface area contributed by atoms with E-state index in [4.69, 9.17) is 4.42 Å². The van der Waals surface area contributed by atoms with E-state index in [1.807, 2.05) is 42.7 Å². The Hall–Kier alpha value is -2.02. The van der Waals surface area contributed by atoms with Crippen molar-refractivity contribution in [3.05, 3.63) is 75.9 Å². The fourth-order valence-corrected chi connectivity index (χ4v) is 3.86. The lowest BCUT2D eigenvalue weighted by molar-refractivity contribution is 0.0948. The summed E-state index contributed by atoms with van der Waals surface area (Å²) in [5.74, 6) is 0.419. The van der Waals surface area contributed by atoms with E-state index in [9.17, 15) is 9.90 Å². The molecule has 2 aromatic heterocycles. The van der Waals surface area contributed by atoms with Gasteiger partial charge in [0.05, 0.1) is 18.4 Å². The van der Waals surface area contributed by atoms with Crippen LogP contribution in [0.2, 0.25) is 0 Å². The van der Waals surface area contributed by atoms with Crippen LogP contribution in [0, 0.1) is 0 Å². The molecule has 1 atom stereocenters. The van der Waals surface area contributed by atoms with Gasteiger partial charge in [-0.05, 0) is 42.7 Å². The van der Waals surface area contributed by atoms with Gasteiger partial charge in [-0.2, -0.15) is 0 Å². The molecule has 1 aromatic carbocycles. The van der Waals surface area contributed by atoms with Gasteiger partial charge in [0.15, 0.2) is 0 Å². The third-order valence-corrected chi connectivity index (χ3v) is 5.47. The second-order valence-corrected chi connectivity index (χ2v) is 7.15. The van der Waals surface area contributed by atoms with E-state index in [0.29, 0.717) is 17.9 Å². The number of aliphatic hydroxyl groups excluding tert-OH is 1. The summed E-state index contributed by atoms with van der Waals surface area (Å²) in [6.45, 7) is 0.428. The number of aliphatic hydroxyl groups is 1. The summed E-state index contributed by atoms with van der Waals surface area (Å²) >= 11 is 3.01. The van der Waals surface area contributed by atoms with E-state index in [1.54, 1.807) is 23.9 Å². The molecule has 3 rings (SSSR count). The Labute approximate surface area is 148 Å². The normalized spacial score (nSPS) is 12.1. The predicted octanol–water partition coefficient (Wildman–Crippen LogP) is 4.07. The molecule has 4 nitrogen and oxygen atoms in total. The summed E-state index contributed by atoms with van der Waals surface area (Å²) in [5, 5.41) is 13.2. The van der Waals surface area contributed by atoms with Gasteiger partial charge in [-0.3, -0.25) is 4.79 Å². The molecular weight excluding hydrogens is 342 g/mol. The second-order valence-electron chi connectivity index (χ2n) is 5.10. The first-order valence-corrected chi connectivity index (χ1v) is 9.44. The lowest BCUT2D eigenvalue weighted by Crippen LogP contribution is -2.22. The van der Waals surface area contributed by atoms with Crippen molar-refractivity contribution in [1.82, 2.24) is 5.32 Å². The first-order chi connectivity index (χ1) is 11.7. The molecule has 0 bridgehead atoms. The number of hydrogen-bond donors (Lipinski definition) is 2. The number of thiophene rings is 1. The van der Waals surface area contributed by atoms with Crippen LogP contribution in [0.4, 0.5) is 0 Å². The van der Waals surface area contributed by atoms with Crippen LogP contribution in [0.25, 0.3) is 0 Å². The Morgan fingerprint density at radius 3 is 2.83 bits per heavy atom. The number of carbonyl (C=O) groups excluding carboxylic acids is 1. The number of hydrogen-bond acceptors (Lipinski definition) is 5. The largest absolute Gasteiger partial charge is 0.466 e. The Balaban J connectivity index is 1.64. The van der Waals surface area contributed by atoms with Gasteiger partial charge in [0.2, 0.25) is 0 Å². The molecule has 0 radical (unpaired) electrons. The molecule has 0 aliphatic rings. The Bertz CT molecular complexity index is 811. The SMILES string of the molecule is CSc1ccccc1C(=O)NCc1ccc(C(O)c2ccco2)s1. The van der Waals surface area contributed by atoms with Crippen molar-refractivity contribution in [2.45, 2.75) is 17.5 Å². The van der Waals surface area contributed by atoms with E-state index in [2.05, 4.69) is 5.32 Å². The third-order valence-electron chi connectivity index (χ3n) is 3.54. The molecule has 0 aliphatic carbocycles. The van der Waals surface area contributed by atoms with Crippen LogP contribution in [0.15, 0.2) is 64.1 Å². The zero-order valence-electron chi connectivity index (χ0n) is 13.1. The summed E-state index contributed by atoms with van der Waals surface area (Å²) in [6.07, 6.45) is 2.72. The van der Waals surface area contributed by atoms with Crippen molar-refractivity contribution in [2.75, 3.05) is 6.26 Å². The highest BCUT2D eigenvalue weighted by Gasteiger charge is 2.16. The van der Waals surface area contributed by atoms with E-state index in [-0.39, 0.29) is 5.91 Å². The molecule has 1 unspecified atom stereocenters. The molecule has 1 amide bonds. The molecule has 2 N–H and O–H groups in total. The monoisotopic (exact) mass is 359 g/mol. The molecule has 0 spiro atoms. The average molecular weight is 359 g/mol. The molecule has 3 aromatic rings. The van der Waals surface area contributed by atoms with E-state index in [0.717, 1.165) is 14.6 Å². The van der Waals surface area contributed by atoms with Crippen LogP contribution in [0.3, 0.4) is 0 Å². The van der Waals surface area contributed by atoms with E-state index >= 15 is 0 Å². The summed E-state index contributed by atoms with van der Waals surface area (Å²) in [5.41, 5.74) is 0.678. The maximum atomic E-state index is 12.3. The average Bonchev–Trinajstić information content (AvgIpc) is 3.30. The first kappa shape index (κ1) is 16.8. The lowest BCUT2D eigenvalue weighted by atomic mass is 10.2. The van der Waals surface area contributed by atoms with Crippen LogP contribution in [0.1, 0.15) is 32.0 Å². The number of nitrogens with one attached hydrogen (secondary N) is 1. The lowest BCUT2D eigenvalue weighted by Gasteiger charge is -2.07. The second kappa shape index (κ2) is 7.70. The quantitative estimate of drug-likeness (QED) is 0.651. The Morgan fingerprint density at radius 2 is 2.08 bits per heavy atom. The molecule has 0 aliphatic heterocycles. The van der Waals surface area contributed by atoms with Gasteiger partial charge >= 0.3 is 0 Å². The van der Waals surface area contributed by atoms with E-state index < -0.39 is 6.10 Å². The van der Waals surface area contributed by atoms with Crippen LogP contribution in [0.5, 0.6) is 0 Å². The van der Waals surface area contributed by atoms with Crippen molar-refractivity contribution in [3.8, 4) is 0 Å². The molecule has 24 heavy (non-hydrogen) atoms. The minimum atomic E-state index is -0.772. The number of thioether (sulfide) groups is 1. The van der Waals surface area contributed by atoms with Crippen molar-refractivity contribution >= 4 is 29.0 Å². The third kappa shape index (κ3) is 3.72. The van der Waals surface area contributed by atoms with Crippen LogP contribution < -0.4 is 5.32 Å². The number of furan rings is 1. The van der Waals surface area contributed by atoms with Crippen molar-refractivity contribution in [2.24, 2.45) is 0 Å². The minimum absolute atomic E-state index is 0.0958. The molecular formula is C18H17NO3S2. The molecule has 0 fully saturated rings. The highest BCUT2D eigenvalue weighted by atomic mass is 32.2. The van der Waals surface area contributed by atoms with Crippen LogP contribution in [-0.4, -0.2) is 17.3 Å². The van der Waals surface area contributed by atoms with Crippen LogP contribution in [-0.2, 0) is 6.54 Å². The Kier molecular flexibility index (Phi) is 5.40. The first-order valence-electron chi connectivity index (χ1n) is 7.40. The van der Waals surface area contributed by atoms with Gasteiger partial charge < -0.3 is 14.8 Å². The van der Waals surface area contributed by atoms with Gasteiger partial charge in [-0.25, -0.2) is 0 Å². The fraction of sp³-hybridized carbons (Fsp3) is 0.167. The number of amides is 1. The zero-order valence-corrected chi connectivity index (χ0v) is 14.7. The summed E-state index contributed by atoms with van der Waals surface area (Å²) in [6, 6.07) is 14.8. The maximum Gasteiger partial charge on any atom is 0.252 e. The molecule has 0 saturated carbocycles. The van der Waals surface area contributed by atoms with Crippen molar-refractivity contribution < 1.29 is 14.3 Å². The molecule has 0 saturated heterocycles. The highest BCUT2D eigenvalue weighted by Crippen LogP contribution is 2.28. The summed E-state index contributed by atoms with van der Waals surface area (Å²) in [4.78, 5) is 15.1. The molecule has 2 heterocycles. The van der Waals surface area contributed by atoms with Gasteiger partial charge in [0.25, 0.3) is 5.91 Å². The number of carbonyl (C=O) groups is 1. The highest BCUT2D eigenvalue weighted by molar-refractivity contribution is 7.98. The van der Waals surface area contributed by atoms with Gasteiger partial charge in [-0.1, -0.05) is 12.1 Å². The molecule has 124 valence electrons. The molecule has 6 heteroatoms. The minimum Gasteiger partial charge on any atom is -0.466 e. The van der Waals surface area contributed by atoms with Crippen LogP contribution >= 0.6 is 23.1 Å². The summed E-state index contributed by atoms with van der Waals surface area (Å²) in [7, 11) is 0. The topological polar surface area (TPSA) is 62.5 Å². The maximum absolute atomic E-state index is 12.3. The zero-order chi connectivity index (χ0) is 16.9. The Morgan fingerprint density at radius 1 is 1.25 bits per heavy atom. The standard InChI is InChI=1S/C18H17NO3S2/c1-23-15-7-3-2-5-13(15)18(21)19-11-12-8-9-16(24-12)17(20)14-6-4-10-22-14/h2-10,17,20H,11H2,1H3,(H,19,21).